The Kier molecular flexibility index (Phi) is 4.98. The van der Waals surface area contributed by atoms with E-state index >= 15 is 0 Å². The third-order valence-electron chi connectivity index (χ3n) is 2.91. The van der Waals surface area contributed by atoms with E-state index in [0.717, 1.165) is 18.5 Å². The minimum Gasteiger partial charge on any atom is -0.496 e. The van der Waals surface area contributed by atoms with E-state index in [4.69, 9.17) is 20.8 Å². The first-order valence-corrected chi connectivity index (χ1v) is 6.94. The predicted octanol–water partition coefficient (Wildman–Crippen LogP) is 3.46. The lowest BCUT2D eigenvalue weighted by Gasteiger charge is -2.08. The minimum absolute atomic E-state index is 0.0227. The van der Waals surface area contributed by atoms with Gasteiger partial charge in [-0.05, 0) is 38.1 Å². The molecule has 0 aliphatic heterocycles. The Morgan fingerprint density at radius 2 is 2.20 bits per heavy atom. The van der Waals surface area contributed by atoms with Crippen LogP contribution < -0.4 is 10.1 Å². The molecule has 20 heavy (non-hydrogen) atoms. The first kappa shape index (κ1) is 14.8. The second kappa shape index (κ2) is 6.72. The molecule has 2 aromatic rings. The van der Waals surface area contributed by atoms with Gasteiger partial charge in [0.1, 0.15) is 5.75 Å². The number of benzene rings is 1. The molecule has 0 aliphatic carbocycles. The summed E-state index contributed by atoms with van der Waals surface area (Å²) >= 11 is 5.94. The fourth-order valence-electron chi connectivity index (χ4n) is 1.81. The van der Waals surface area contributed by atoms with Crippen molar-refractivity contribution in [1.29, 1.82) is 0 Å². The lowest BCUT2D eigenvalue weighted by atomic mass is 10.2. The molecule has 0 saturated heterocycles. The van der Waals surface area contributed by atoms with Crippen LogP contribution in [0.5, 0.6) is 5.75 Å². The van der Waals surface area contributed by atoms with Gasteiger partial charge in [-0.1, -0.05) is 18.5 Å². The van der Waals surface area contributed by atoms with Crippen LogP contribution in [0, 0.1) is 0 Å². The number of hydrogen-bond acceptors (Lipinski definition) is 5. The fraction of sp³-hybridized carbons (Fsp3) is 0.429. The monoisotopic (exact) mass is 295 g/mol. The van der Waals surface area contributed by atoms with Crippen LogP contribution in [-0.2, 0) is 0 Å². The molecule has 0 aliphatic rings. The van der Waals surface area contributed by atoms with Crippen LogP contribution in [0.3, 0.4) is 0 Å². The number of halogens is 1. The first-order chi connectivity index (χ1) is 9.65. The minimum atomic E-state index is 0.0227. The van der Waals surface area contributed by atoms with E-state index in [9.17, 15) is 0 Å². The highest BCUT2D eigenvalue weighted by molar-refractivity contribution is 6.30. The van der Waals surface area contributed by atoms with Crippen molar-refractivity contribution in [3.63, 3.8) is 0 Å². The van der Waals surface area contributed by atoms with Gasteiger partial charge < -0.3 is 14.5 Å². The van der Waals surface area contributed by atoms with Gasteiger partial charge in [-0.3, -0.25) is 0 Å². The van der Waals surface area contributed by atoms with E-state index in [1.165, 1.54) is 0 Å². The van der Waals surface area contributed by atoms with E-state index in [2.05, 4.69) is 22.4 Å². The van der Waals surface area contributed by atoms with E-state index in [-0.39, 0.29) is 6.04 Å². The molecule has 0 bridgehead atoms. The molecular formula is C14H18ClN3O2. The molecule has 0 radical (unpaired) electrons. The molecule has 0 saturated carbocycles. The Morgan fingerprint density at radius 3 is 2.90 bits per heavy atom. The number of aromatic nitrogens is 2. The van der Waals surface area contributed by atoms with Gasteiger partial charge in [0.25, 0.3) is 5.89 Å². The van der Waals surface area contributed by atoms with Gasteiger partial charge in [0.2, 0.25) is 5.89 Å². The van der Waals surface area contributed by atoms with Crippen molar-refractivity contribution >= 4 is 11.6 Å². The summed E-state index contributed by atoms with van der Waals surface area (Å²) in [5.74, 6) is 1.60. The largest absolute Gasteiger partial charge is 0.496 e. The van der Waals surface area contributed by atoms with Gasteiger partial charge in [-0.15, -0.1) is 10.2 Å². The Balaban J connectivity index is 2.24. The van der Waals surface area contributed by atoms with Crippen molar-refractivity contribution in [3.05, 3.63) is 29.1 Å². The van der Waals surface area contributed by atoms with E-state index < -0.39 is 0 Å². The van der Waals surface area contributed by atoms with E-state index in [0.29, 0.717) is 22.6 Å². The van der Waals surface area contributed by atoms with Gasteiger partial charge >= 0.3 is 0 Å². The lowest BCUT2D eigenvalue weighted by Crippen LogP contribution is -2.19. The van der Waals surface area contributed by atoms with Crippen LogP contribution in [0.1, 0.15) is 32.2 Å². The number of hydrogen-bond donors (Lipinski definition) is 1. The van der Waals surface area contributed by atoms with Crippen molar-refractivity contribution in [2.75, 3.05) is 13.7 Å². The standard InChI is InChI=1S/C14H18ClN3O2/c1-4-7-16-9(2)13-17-18-14(20-13)11-6-5-10(15)8-12(11)19-3/h5-6,8-9,16H,4,7H2,1-3H3. The SMILES string of the molecule is CCCNC(C)c1nnc(-c2ccc(Cl)cc2OC)o1. The summed E-state index contributed by atoms with van der Waals surface area (Å²) in [4.78, 5) is 0. The average Bonchev–Trinajstić information content (AvgIpc) is 2.94. The van der Waals surface area contributed by atoms with Crippen molar-refractivity contribution in [2.24, 2.45) is 0 Å². The molecule has 2 rings (SSSR count). The topological polar surface area (TPSA) is 60.2 Å². The maximum absolute atomic E-state index is 5.94. The summed E-state index contributed by atoms with van der Waals surface area (Å²) < 4.78 is 11.0. The Morgan fingerprint density at radius 1 is 1.40 bits per heavy atom. The molecule has 1 aromatic carbocycles. The second-order valence-corrected chi connectivity index (χ2v) is 4.90. The fourth-order valence-corrected chi connectivity index (χ4v) is 1.97. The maximum atomic E-state index is 5.94. The normalized spacial score (nSPS) is 12.4. The van der Waals surface area contributed by atoms with Gasteiger partial charge in [0, 0.05) is 5.02 Å². The zero-order chi connectivity index (χ0) is 14.5. The van der Waals surface area contributed by atoms with Crippen LogP contribution in [0.4, 0.5) is 0 Å². The highest BCUT2D eigenvalue weighted by Gasteiger charge is 2.17. The van der Waals surface area contributed by atoms with Gasteiger partial charge in [0.05, 0.1) is 18.7 Å². The van der Waals surface area contributed by atoms with Crippen LogP contribution in [0.15, 0.2) is 22.6 Å². The lowest BCUT2D eigenvalue weighted by molar-refractivity contribution is 0.407. The van der Waals surface area contributed by atoms with Crippen LogP contribution in [0.2, 0.25) is 5.02 Å². The number of ether oxygens (including phenoxy) is 1. The summed E-state index contributed by atoms with van der Waals surface area (Å²) in [7, 11) is 1.58. The Labute approximate surface area is 123 Å². The molecule has 1 unspecified atom stereocenters. The summed E-state index contributed by atoms with van der Waals surface area (Å²) in [5.41, 5.74) is 0.735. The third-order valence-corrected chi connectivity index (χ3v) is 3.14. The number of nitrogens with zero attached hydrogens (tertiary/aromatic N) is 2. The molecule has 6 heteroatoms. The second-order valence-electron chi connectivity index (χ2n) is 4.47. The van der Waals surface area contributed by atoms with Crippen molar-refractivity contribution < 1.29 is 9.15 Å². The Hall–Kier alpha value is -1.59. The number of methoxy groups -OCH3 is 1. The summed E-state index contributed by atoms with van der Waals surface area (Å²) in [6.45, 7) is 5.01. The summed E-state index contributed by atoms with van der Waals surface area (Å²) in [5, 5.41) is 12.1. The first-order valence-electron chi connectivity index (χ1n) is 6.56. The number of nitrogens with one attached hydrogen (secondary N) is 1. The van der Waals surface area contributed by atoms with Crippen molar-refractivity contribution in [2.45, 2.75) is 26.3 Å². The quantitative estimate of drug-likeness (QED) is 0.884. The molecule has 1 N–H and O–H groups in total. The smallest absolute Gasteiger partial charge is 0.251 e. The van der Waals surface area contributed by atoms with Crippen molar-refractivity contribution in [1.82, 2.24) is 15.5 Å². The van der Waals surface area contributed by atoms with Gasteiger partial charge in [0.15, 0.2) is 0 Å². The van der Waals surface area contributed by atoms with Crippen LogP contribution in [0.25, 0.3) is 11.5 Å². The molecule has 108 valence electrons. The van der Waals surface area contributed by atoms with Crippen LogP contribution >= 0.6 is 11.6 Å². The zero-order valence-corrected chi connectivity index (χ0v) is 12.6. The summed E-state index contributed by atoms with van der Waals surface area (Å²) in [6, 6.07) is 5.32. The molecular weight excluding hydrogens is 278 g/mol. The third kappa shape index (κ3) is 3.29. The zero-order valence-electron chi connectivity index (χ0n) is 11.8. The summed E-state index contributed by atoms with van der Waals surface area (Å²) in [6.07, 6.45) is 1.05. The average molecular weight is 296 g/mol. The van der Waals surface area contributed by atoms with Crippen LogP contribution in [-0.4, -0.2) is 23.9 Å². The van der Waals surface area contributed by atoms with E-state index in [1.807, 2.05) is 13.0 Å². The highest BCUT2D eigenvalue weighted by Crippen LogP contribution is 2.32. The molecule has 1 aromatic heterocycles. The molecule has 1 atom stereocenters. The Bertz CT molecular complexity index is 571. The van der Waals surface area contributed by atoms with Crippen molar-refractivity contribution in [3.8, 4) is 17.2 Å². The highest BCUT2D eigenvalue weighted by atomic mass is 35.5. The molecule has 1 heterocycles. The van der Waals surface area contributed by atoms with Gasteiger partial charge in [-0.2, -0.15) is 0 Å². The van der Waals surface area contributed by atoms with Gasteiger partial charge in [-0.25, -0.2) is 0 Å². The van der Waals surface area contributed by atoms with E-state index in [1.54, 1.807) is 19.2 Å². The maximum Gasteiger partial charge on any atom is 0.251 e. The molecule has 0 amide bonds. The number of rotatable bonds is 6. The molecule has 0 spiro atoms. The molecule has 0 fully saturated rings. The molecule has 5 nitrogen and oxygen atoms in total. The predicted molar refractivity (Wildman–Crippen MR) is 78.0 cm³/mol.